The SMILES string of the molecule is c1cc(-c2ccc3nc4c(n3n2)CNCC4)ccn1. The molecule has 5 nitrogen and oxygen atoms in total. The minimum absolute atomic E-state index is 0.837. The lowest BCUT2D eigenvalue weighted by molar-refractivity contribution is 0.611. The van der Waals surface area contributed by atoms with Crippen LogP contribution in [-0.4, -0.2) is 26.1 Å². The van der Waals surface area contributed by atoms with Crippen LogP contribution in [0.2, 0.25) is 0 Å². The van der Waals surface area contributed by atoms with Crippen molar-refractivity contribution in [3.05, 3.63) is 48.0 Å². The molecule has 0 amide bonds. The summed E-state index contributed by atoms with van der Waals surface area (Å²) in [7, 11) is 0. The summed E-state index contributed by atoms with van der Waals surface area (Å²) in [5, 5.41) is 8.07. The lowest BCUT2D eigenvalue weighted by Crippen LogP contribution is -2.24. The zero-order chi connectivity index (χ0) is 12.7. The largest absolute Gasteiger partial charge is 0.311 e. The lowest BCUT2D eigenvalue weighted by atomic mass is 10.2. The Hall–Kier alpha value is -2.27. The van der Waals surface area contributed by atoms with E-state index in [-0.39, 0.29) is 0 Å². The van der Waals surface area contributed by atoms with Crippen LogP contribution in [0.25, 0.3) is 16.9 Å². The van der Waals surface area contributed by atoms with Crippen molar-refractivity contribution in [1.29, 1.82) is 0 Å². The molecule has 19 heavy (non-hydrogen) atoms. The van der Waals surface area contributed by atoms with Crippen molar-refractivity contribution < 1.29 is 0 Å². The van der Waals surface area contributed by atoms with Gasteiger partial charge >= 0.3 is 0 Å². The number of aromatic nitrogens is 4. The maximum absolute atomic E-state index is 4.71. The molecule has 0 radical (unpaired) electrons. The van der Waals surface area contributed by atoms with E-state index in [2.05, 4.69) is 15.3 Å². The Morgan fingerprint density at radius 2 is 2.00 bits per heavy atom. The molecule has 0 aromatic carbocycles. The summed E-state index contributed by atoms with van der Waals surface area (Å²) in [4.78, 5) is 8.67. The third-order valence-electron chi connectivity index (χ3n) is 3.46. The molecular weight excluding hydrogens is 238 g/mol. The monoisotopic (exact) mass is 251 g/mol. The Labute approximate surface area is 110 Å². The molecule has 0 fully saturated rings. The molecular formula is C14H13N5. The first-order valence-electron chi connectivity index (χ1n) is 6.40. The molecule has 1 aliphatic rings. The summed E-state index contributed by atoms with van der Waals surface area (Å²) in [6.07, 6.45) is 4.54. The number of nitrogens with zero attached hydrogens (tertiary/aromatic N) is 4. The number of nitrogens with one attached hydrogen (secondary N) is 1. The van der Waals surface area contributed by atoms with Crippen LogP contribution in [0.4, 0.5) is 0 Å². The van der Waals surface area contributed by atoms with Gasteiger partial charge in [0.25, 0.3) is 0 Å². The highest BCUT2D eigenvalue weighted by Gasteiger charge is 2.16. The summed E-state index contributed by atoms with van der Waals surface area (Å²) < 4.78 is 1.96. The van der Waals surface area contributed by atoms with Gasteiger partial charge < -0.3 is 5.32 Å². The molecule has 0 saturated heterocycles. The Balaban J connectivity index is 1.91. The zero-order valence-corrected chi connectivity index (χ0v) is 10.4. The molecule has 0 unspecified atom stereocenters. The van der Waals surface area contributed by atoms with Crippen LogP contribution >= 0.6 is 0 Å². The van der Waals surface area contributed by atoms with Gasteiger partial charge in [-0.3, -0.25) is 4.98 Å². The Morgan fingerprint density at radius 3 is 2.89 bits per heavy atom. The van der Waals surface area contributed by atoms with Crippen molar-refractivity contribution >= 4 is 5.65 Å². The van der Waals surface area contributed by atoms with Crippen LogP contribution in [0.1, 0.15) is 11.4 Å². The van der Waals surface area contributed by atoms with E-state index >= 15 is 0 Å². The van der Waals surface area contributed by atoms with Gasteiger partial charge in [-0.2, -0.15) is 5.10 Å². The van der Waals surface area contributed by atoms with Gasteiger partial charge in [-0.25, -0.2) is 9.50 Å². The van der Waals surface area contributed by atoms with Gasteiger partial charge in [0.15, 0.2) is 5.65 Å². The molecule has 4 heterocycles. The average molecular weight is 251 g/mol. The molecule has 0 aliphatic carbocycles. The minimum atomic E-state index is 0.837. The molecule has 0 atom stereocenters. The molecule has 5 heteroatoms. The molecule has 1 aliphatic heterocycles. The van der Waals surface area contributed by atoms with E-state index in [0.717, 1.165) is 42.1 Å². The van der Waals surface area contributed by atoms with Gasteiger partial charge in [0, 0.05) is 37.5 Å². The van der Waals surface area contributed by atoms with Gasteiger partial charge in [0.05, 0.1) is 17.1 Å². The molecule has 0 spiro atoms. The number of pyridine rings is 1. The smallest absolute Gasteiger partial charge is 0.154 e. The van der Waals surface area contributed by atoms with E-state index in [1.807, 2.05) is 28.8 Å². The highest BCUT2D eigenvalue weighted by Crippen LogP contribution is 2.19. The summed E-state index contributed by atoms with van der Waals surface area (Å²) in [5.41, 5.74) is 5.28. The first kappa shape index (κ1) is 10.6. The molecule has 94 valence electrons. The summed E-state index contributed by atoms with van der Waals surface area (Å²) >= 11 is 0. The Morgan fingerprint density at radius 1 is 1.11 bits per heavy atom. The van der Waals surface area contributed by atoms with Crippen molar-refractivity contribution in [3.63, 3.8) is 0 Å². The van der Waals surface area contributed by atoms with Gasteiger partial charge in [-0.1, -0.05) is 0 Å². The fourth-order valence-electron chi connectivity index (χ4n) is 2.49. The first-order valence-corrected chi connectivity index (χ1v) is 6.40. The number of fused-ring (bicyclic) bond motifs is 3. The fourth-order valence-corrected chi connectivity index (χ4v) is 2.49. The highest BCUT2D eigenvalue weighted by atomic mass is 15.3. The van der Waals surface area contributed by atoms with Crippen LogP contribution in [0.15, 0.2) is 36.7 Å². The van der Waals surface area contributed by atoms with Gasteiger partial charge in [0.2, 0.25) is 0 Å². The van der Waals surface area contributed by atoms with Gasteiger partial charge in [-0.15, -0.1) is 0 Å². The van der Waals surface area contributed by atoms with E-state index in [1.54, 1.807) is 12.4 Å². The fraction of sp³-hybridized carbons (Fsp3) is 0.214. The zero-order valence-electron chi connectivity index (χ0n) is 10.4. The standard InChI is InChI=1S/C14H13N5/c1-2-14-17-12-5-8-16-9-13(12)19(14)18-11(1)10-3-6-15-7-4-10/h1-4,6-7,16H,5,8-9H2. The van der Waals surface area contributed by atoms with Crippen molar-refractivity contribution in [2.45, 2.75) is 13.0 Å². The quantitative estimate of drug-likeness (QED) is 0.711. The summed E-state index contributed by atoms with van der Waals surface area (Å²) in [6, 6.07) is 7.98. The van der Waals surface area contributed by atoms with Crippen LogP contribution in [0.5, 0.6) is 0 Å². The van der Waals surface area contributed by atoms with Gasteiger partial charge in [-0.05, 0) is 24.3 Å². The molecule has 1 N–H and O–H groups in total. The Bertz CT molecular complexity index is 732. The summed E-state index contributed by atoms with van der Waals surface area (Å²) in [5.74, 6) is 0. The molecule has 4 rings (SSSR count). The van der Waals surface area contributed by atoms with E-state index < -0.39 is 0 Å². The van der Waals surface area contributed by atoms with Crippen LogP contribution in [0, 0.1) is 0 Å². The maximum atomic E-state index is 4.71. The summed E-state index contributed by atoms with van der Waals surface area (Å²) in [6.45, 7) is 1.83. The Kier molecular flexibility index (Phi) is 2.31. The predicted molar refractivity (Wildman–Crippen MR) is 71.6 cm³/mol. The number of hydrogen-bond acceptors (Lipinski definition) is 4. The highest BCUT2D eigenvalue weighted by molar-refractivity contribution is 5.59. The normalized spacial score (nSPS) is 14.5. The lowest BCUT2D eigenvalue weighted by Gasteiger charge is -2.11. The van der Waals surface area contributed by atoms with Crippen molar-refractivity contribution in [2.24, 2.45) is 0 Å². The molecule has 3 aromatic heterocycles. The first-order chi connectivity index (χ1) is 9.42. The van der Waals surface area contributed by atoms with Crippen molar-refractivity contribution in [2.75, 3.05) is 6.54 Å². The molecule has 0 bridgehead atoms. The number of rotatable bonds is 1. The van der Waals surface area contributed by atoms with E-state index in [9.17, 15) is 0 Å². The second-order valence-electron chi connectivity index (χ2n) is 4.66. The third-order valence-corrected chi connectivity index (χ3v) is 3.46. The van der Waals surface area contributed by atoms with Gasteiger partial charge in [0.1, 0.15) is 0 Å². The van der Waals surface area contributed by atoms with Crippen LogP contribution in [-0.2, 0) is 13.0 Å². The van der Waals surface area contributed by atoms with E-state index in [1.165, 1.54) is 5.69 Å². The molecule has 3 aromatic rings. The average Bonchev–Trinajstić information content (AvgIpc) is 2.86. The number of imidazole rings is 1. The predicted octanol–water partition coefficient (Wildman–Crippen LogP) is 1.44. The second kappa shape index (κ2) is 4.13. The topological polar surface area (TPSA) is 55.1 Å². The van der Waals surface area contributed by atoms with E-state index in [0.29, 0.717) is 0 Å². The van der Waals surface area contributed by atoms with Crippen molar-refractivity contribution in [3.8, 4) is 11.3 Å². The third kappa shape index (κ3) is 1.70. The maximum Gasteiger partial charge on any atom is 0.154 e. The van der Waals surface area contributed by atoms with Crippen molar-refractivity contribution in [1.82, 2.24) is 24.9 Å². The van der Waals surface area contributed by atoms with Crippen LogP contribution < -0.4 is 5.32 Å². The second-order valence-corrected chi connectivity index (χ2v) is 4.66. The minimum Gasteiger partial charge on any atom is -0.311 e. The molecule has 0 saturated carbocycles. The van der Waals surface area contributed by atoms with Crippen LogP contribution in [0.3, 0.4) is 0 Å². The number of hydrogen-bond donors (Lipinski definition) is 1. The van der Waals surface area contributed by atoms with E-state index in [4.69, 9.17) is 5.10 Å².